The summed E-state index contributed by atoms with van der Waals surface area (Å²) < 4.78 is 10.6. The third-order valence-corrected chi connectivity index (χ3v) is 3.61. The number of carbonyl (C=O) groups excluding carboxylic acids is 2. The summed E-state index contributed by atoms with van der Waals surface area (Å²) in [5.74, 6) is -2.87. The van der Waals surface area contributed by atoms with Crippen LogP contribution >= 0.6 is 0 Å². The van der Waals surface area contributed by atoms with Crippen molar-refractivity contribution in [2.45, 2.75) is 33.5 Å². The van der Waals surface area contributed by atoms with E-state index in [0.717, 1.165) is 0 Å². The van der Waals surface area contributed by atoms with Gasteiger partial charge in [0.15, 0.2) is 0 Å². The summed E-state index contributed by atoms with van der Waals surface area (Å²) in [6.07, 6.45) is 1.27. The first-order valence-corrected chi connectivity index (χ1v) is 6.60. The number of esters is 2. The lowest BCUT2D eigenvalue weighted by Crippen LogP contribution is -2.52. The molecule has 0 radical (unpaired) electrons. The van der Waals surface area contributed by atoms with Gasteiger partial charge in [-0.1, -0.05) is 39.0 Å². The fraction of sp³-hybridized carbons (Fsp3) is 0.375. The topological polar surface area (TPSA) is 72.8 Å². The second-order valence-corrected chi connectivity index (χ2v) is 6.09. The number of phenolic OH excluding ortho intramolecular Hbond substituents is 1. The summed E-state index contributed by atoms with van der Waals surface area (Å²) in [6.45, 7) is 6.99. The minimum Gasteiger partial charge on any atom is -0.507 e. The molecule has 0 aromatic heterocycles. The third-order valence-electron chi connectivity index (χ3n) is 3.61. The Morgan fingerprint density at radius 2 is 1.62 bits per heavy atom. The van der Waals surface area contributed by atoms with E-state index in [1.807, 2.05) is 20.8 Å². The highest BCUT2D eigenvalue weighted by Crippen LogP contribution is 2.39. The Hall–Kier alpha value is -2.30. The Kier molecular flexibility index (Phi) is 3.53. The summed E-state index contributed by atoms with van der Waals surface area (Å²) in [4.78, 5) is 24.2. The number of para-hydroxylation sites is 1. The molecular weight excluding hydrogens is 272 g/mol. The van der Waals surface area contributed by atoms with Gasteiger partial charge in [0.25, 0.3) is 5.79 Å². The van der Waals surface area contributed by atoms with Crippen molar-refractivity contribution >= 4 is 18.0 Å². The number of hydrogen-bond donors (Lipinski definition) is 1. The Morgan fingerprint density at radius 3 is 2.10 bits per heavy atom. The van der Waals surface area contributed by atoms with Crippen LogP contribution in [-0.4, -0.2) is 22.8 Å². The zero-order valence-electron chi connectivity index (χ0n) is 12.5. The van der Waals surface area contributed by atoms with Crippen molar-refractivity contribution in [3.63, 3.8) is 0 Å². The van der Waals surface area contributed by atoms with Crippen LogP contribution in [0.2, 0.25) is 0 Å². The molecule has 112 valence electrons. The predicted octanol–water partition coefficient (Wildman–Crippen LogP) is 2.64. The molecule has 0 amide bonds. The molecule has 0 saturated carbocycles. The monoisotopic (exact) mass is 290 g/mol. The predicted molar refractivity (Wildman–Crippen MR) is 76.1 cm³/mol. The first-order chi connectivity index (χ1) is 9.64. The average molecular weight is 290 g/mol. The van der Waals surface area contributed by atoms with Gasteiger partial charge in [-0.3, -0.25) is 0 Å². The number of benzene rings is 1. The van der Waals surface area contributed by atoms with Gasteiger partial charge in [0.2, 0.25) is 0 Å². The second kappa shape index (κ2) is 4.91. The molecule has 5 nitrogen and oxygen atoms in total. The fourth-order valence-corrected chi connectivity index (χ4v) is 1.76. The number of aromatic hydroxyl groups is 1. The van der Waals surface area contributed by atoms with Crippen molar-refractivity contribution in [1.82, 2.24) is 0 Å². The maximum absolute atomic E-state index is 12.1. The van der Waals surface area contributed by atoms with Crippen LogP contribution < -0.4 is 0 Å². The molecule has 5 heteroatoms. The maximum Gasteiger partial charge on any atom is 0.348 e. The van der Waals surface area contributed by atoms with Gasteiger partial charge < -0.3 is 14.6 Å². The fourth-order valence-electron chi connectivity index (χ4n) is 1.76. The van der Waals surface area contributed by atoms with Crippen LogP contribution in [0.15, 0.2) is 29.8 Å². The first-order valence-electron chi connectivity index (χ1n) is 6.60. The summed E-state index contributed by atoms with van der Waals surface area (Å²) in [6, 6.07) is 6.38. The molecule has 1 N–H and O–H groups in total. The minimum atomic E-state index is -1.32. The molecule has 2 rings (SSSR count). The van der Waals surface area contributed by atoms with E-state index in [1.165, 1.54) is 12.1 Å². The van der Waals surface area contributed by atoms with Crippen molar-refractivity contribution in [2.24, 2.45) is 5.41 Å². The van der Waals surface area contributed by atoms with E-state index in [1.54, 1.807) is 25.1 Å². The molecule has 0 aliphatic carbocycles. The molecule has 1 saturated heterocycles. The highest BCUT2D eigenvalue weighted by atomic mass is 16.7. The largest absolute Gasteiger partial charge is 0.507 e. The summed E-state index contributed by atoms with van der Waals surface area (Å²) in [5.41, 5.74) is -0.447. The van der Waals surface area contributed by atoms with Crippen molar-refractivity contribution in [3.8, 4) is 5.75 Å². The summed E-state index contributed by atoms with van der Waals surface area (Å²) in [7, 11) is 0. The molecule has 0 atom stereocenters. The molecule has 1 aromatic rings. The number of phenols is 1. The van der Waals surface area contributed by atoms with Crippen molar-refractivity contribution in [3.05, 3.63) is 35.4 Å². The van der Waals surface area contributed by atoms with Gasteiger partial charge >= 0.3 is 11.9 Å². The van der Waals surface area contributed by atoms with Gasteiger partial charge in [0.05, 0.1) is 0 Å². The van der Waals surface area contributed by atoms with E-state index in [-0.39, 0.29) is 11.3 Å². The van der Waals surface area contributed by atoms with E-state index < -0.39 is 23.1 Å². The van der Waals surface area contributed by atoms with Gasteiger partial charge in [-0.05, 0) is 12.1 Å². The molecule has 1 aliphatic rings. The average Bonchev–Trinajstić information content (AvgIpc) is 2.34. The molecule has 1 aliphatic heterocycles. The van der Waals surface area contributed by atoms with Crippen LogP contribution in [0.3, 0.4) is 0 Å². The zero-order chi connectivity index (χ0) is 15.8. The minimum absolute atomic E-state index is 0.0326. The lowest BCUT2D eigenvalue weighted by Gasteiger charge is -2.42. The van der Waals surface area contributed by atoms with E-state index in [9.17, 15) is 14.7 Å². The molecular formula is C16H18O5. The highest BCUT2D eigenvalue weighted by Gasteiger charge is 2.50. The van der Waals surface area contributed by atoms with Gasteiger partial charge in [-0.25, -0.2) is 9.59 Å². The van der Waals surface area contributed by atoms with Crippen LogP contribution in [0.5, 0.6) is 5.75 Å². The normalized spacial score (nSPS) is 22.6. The van der Waals surface area contributed by atoms with E-state index >= 15 is 0 Å². The number of ether oxygens (including phenoxy) is 2. The smallest absolute Gasteiger partial charge is 0.348 e. The van der Waals surface area contributed by atoms with Crippen molar-refractivity contribution in [1.29, 1.82) is 0 Å². The van der Waals surface area contributed by atoms with Crippen molar-refractivity contribution < 1.29 is 24.2 Å². The quantitative estimate of drug-likeness (QED) is 0.489. The Bertz CT molecular complexity index is 602. The van der Waals surface area contributed by atoms with Crippen LogP contribution in [-0.2, 0) is 19.1 Å². The van der Waals surface area contributed by atoms with Gasteiger partial charge in [0.1, 0.15) is 11.3 Å². The molecule has 0 spiro atoms. The summed E-state index contributed by atoms with van der Waals surface area (Å²) >= 11 is 0. The van der Waals surface area contributed by atoms with Crippen LogP contribution in [0.1, 0.15) is 33.3 Å². The van der Waals surface area contributed by atoms with Crippen LogP contribution in [0, 0.1) is 5.41 Å². The van der Waals surface area contributed by atoms with Gasteiger partial charge in [-0.15, -0.1) is 0 Å². The number of hydrogen-bond acceptors (Lipinski definition) is 5. The van der Waals surface area contributed by atoms with Gasteiger partial charge in [-0.2, -0.15) is 0 Å². The first kappa shape index (κ1) is 15.1. The zero-order valence-corrected chi connectivity index (χ0v) is 12.5. The Labute approximate surface area is 123 Å². The van der Waals surface area contributed by atoms with E-state index in [2.05, 4.69) is 0 Å². The number of cyclic esters (lactones) is 2. The number of rotatable bonds is 1. The molecule has 21 heavy (non-hydrogen) atoms. The van der Waals surface area contributed by atoms with E-state index in [4.69, 9.17) is 9.47 Å². The van der Waals surface area contributed by atoms with Crippen LogP contribution in [0.25, 0.3) is 6.08 Å². The molecule has 1 fully saturated rings. The molecule has 1 aromatic carbocycles. The second-order valence-electron chi connectivity index (χ2n) is 6.09. The van der Waals surface area contributed by atoms with E-state index in [0.29, 0.717) is 5.56 Å². The summed E-state index contributed by atoms with van der Waals surface area (Å²) in [5, 5.41) is 9.70. The lowest BCUT2D eigenvalue weighted by molar-refractivity contribution is -0.261. The molecule has 0 bridgehead atoms. The Morgan fingerprint density at radius 1 is 1.10 bits per heavy atom. The third kappa shape index (κ3) is 2.77. The molecule has 1 heterocycles. The van der Waals surface area contributed by atoms with Crippen molar-refractivity contribution in [2.75, 3.05) is 0 Å². The standard InChI is InChI=1S/C16H18O5/c1-15(2,3)16(4)20-13(18)11(14(19)21-16)9-10-7-5-6-8-12(10)17/h5-9,17H,1-4H3. The van der Waals surface area contributed by atoms with Crippen LogP contribution in [0.4, 0.5) is 0 Å². The maximum atomic E-state index is 12.1. The molecule has 0 unspecified atom stereocenters. The number of carbonyl (C=O) groups is 2. The Balaban J connectivity index is 2.37. The lowest BCUT2D eigenvalue weighted by atomic mass is 9.85. The highest BCUT2D eigenvalue weighted by molar-refractivity contribution is 6.19. The van der Waals surface area contributed by atoms with Gasteiger partial charge in [0, 0.05) is 17.9 Å². The SMILES string of the molecule is CC(C)(C)C1(C)OC(=O)C(=Cc2ccccc2O)C(=O)O1.